The monoisotopic (exact) mass is 392 g/mol. The van der Waals surface area contributed by atoms with Crippen LogP contribution in [0.1, 0.15) is 32.7 Å². The van der Waals surface area contributed by atoms with Gasteiger partial charge < -0.3 is 15.4 Å². The highest BCUT2D eigenvalue weighted by Gasteiger charge is 2.14. The summed E-state index contributed by atoms with van der Waals surface area (Å²) in [5.41, 5.74) is 1.77. The van der Waals surface area contributed by atoms with E-state index >= 15 is 0 Å². The van der Waals surface area contributed by atoms with Gasteiger partial charge in [-0.15, -0.1) is 0 Å². The van der Waals surface area contributed by atoms with Crippen LogP contribution in [0.3, 0.4) is 0 Å². The van der Waals surface area contributed by atoms with Crippen molar-refractivity contribution in [1.82, 2.24) is 10.2 Å². The third-order valence-corrected chi connectivity index (χ3v) is 4.74. The van der Waals surface area contributed by atoms with Gasteiger partial charge in [0.05, 0.1) is 36.1 Å². The van der Waals surface area contributed by atoms with Crippen LogP contribution in [0.15, 0.2) is 48.5 Å². The molecule has 0 aromatic heterocycles. The minimum absolute atomic E-state index is 0.220. The van der Waals surface area contributed by atoms with Crippen molar-refractivity contribution in [3.63, 3.8) is 0 Å². The molecule has 29 heavy (non-hydrogen) atoms. The maximum Gasteiger partial charge on any atom is 0.255 e. The Balaban J connectivity index is 1.55. The molecule has 2 aromatic rings. The van der Waals surface area contributed by atoms with E-state index < -0.39 is 0 Å². The molecule has 3 rings (SSSR count). The summed E-state index contributed by atoms with van der Waals surface area (Å²) in [6.45, 7) is 4.86. The van der Waals surface area contributed by atoms with E-state index in [0.29, 0.717) is 28.9 Å². The number of benzene rings is 2. The Kier molecular flexibility index (Phi) is 7.34. The highest BCUT2D eigenvalue weighted by atomic mass is 16.5. The first-order valence-corrected chi connectivity index (χ1v) is 9.66. The fourth-order valence-corrected chi connectivity index (χ4v) is 3.11. The average Bonchev–Trinajstić information content (AvgIpc) is 2.77. The summed E-state index contributed by atoms with van der Waals surface area (Å²) in [5, 5.41) is 14.6. The zero-order valence-electron chi connectivity index (χ0n) is 16.2. The van der Waals surface area contributed by atoms with Crippen LogP contribution in [0.25, 0.3) is 0 Å². The lowest BCUT2D eigenvalue weighted by Gasteiger charge is -2.26. The Morgan fingerprint density at radius 2 is 1.76 bits per heavy atom. The molecular formula is C22H24N4O3. The van der Waals surface area contributed by atoms with Crippen LogP contribution in [0.5, 0.6) is 0 Å². The zero-order valence-corrected chi connectivity index (χ0v) is 16.2. The highest BCUT2D eigenvalue weighted by Crippen LogP contribution is 2.16. The molecule has 7 heteroatoms. The summed E-state index contributed by atoms with van der Waals surface area (Å²) in [7, 11) is 0. The molecule has 0 saturated carbocycles. The molecule has 0 unspecified atom stereocenters. The molecular weight excluding hydrogens is 368 g/mol. The molecule has 1 heterocycles. The number of nitriles is 1. The lowest BCUT2D eigenvalue weighted by Crippen LogP contribution is -2.38. The topological polar surface area (TPSA) is 94.5 Å². The number of hydrogen-bond donors (Lipinski definition) is 2. The predicted octanol–water partition coefficient (Wildman–Crippen LogP) is 2.26. The lowest BCUT2D eigenvalue weighted by atomic mass is 10.1. The van der Waals surface area contributed by atoms with Gasteiger partial charge in [0.15, 0.2) is 0 Å². The molecule has 2 aromatic carbocycles. The molecule has 1 fully saturated rings. The molecule has 2 amide bonds. The summed E-state index contributed by atoms with van der Waals surface area (Å²) in [4.78, 5) is 27.4. The summed E-state index contributed by atoms with van der Waals surface area (Å²) < 4.78 is 5.33. The third-order valence-electron chi connectivity index (χ3n) is 4.74. The first kappa shape index (κ1) is 20.5. The van der Waals surface area contributed by atoms with E-state index in [9.17, 15) is 9.59 Å². The molecule has 1 saturated heterocycles. The van der Waals surface area contributed by atoms with E-state index in [4.69, 9.17) is 10.00 Å². The number of anilines is 1. The summed E-state index contributed by atoms with van der Waals surface area (Å²) in [6.07, 6.45) is 0.853. The Hall–Kier alpha value is -3.21. The lowest BCUT2D eigenvalue weighted by molar-refractivity contribution is 0.0374. The van der Waals surface area contributed by atoms with E-state index in [0.717, 1.165) is 39.3 Å². The van der Waals surface area contributed by atoms with Gasteiger partial charge >= 0.3 is 0 Å². The van der Waals surface area contributed by atoms with E-state index in [-0.39, 0.29) is 11.8 Å². The van der Waals surface area contributed by atoms with Gasteiger partial charge in [-0.05, 0) is 49.4 Å². The normalized spacial score (nSPS) is 14.0. The predicted molar refractivity (Wildman–Crippen MR) is 110 cm³/mol. The van der Waals surface area contributed by atoms with Gasteiger partial charge in [0, 0.05) is 25.2 Å². The molecule has 0 spiro atoms. The summed E-state index contributed by atoms with van der Waals surface area (Å²) in [6, 6.07) is 15.3. The number of nitrogens with one attached hydrogen (secondary N) is 2. The van der Waals surface area contributed by atoms with Crippen LogP contribution in [0.4, 0.5) is 5.69 Å². The van der Waals surface area contributed by atoms with Gasteiger partial charge in [-0.2, -0.15) is 5.26 Å². The van der Waals surface area contributed by atoms with Crippen molar-refractivity contribution in [3.05, 3.63) is 65.2 Å². The van der Waals surface area contributed by atoms with Crippen molar-refractivity contribution in [2.45, 2.75) is 6.42 Å². The Morgan fingerprint density at radius 1 is 1.03 bits per heavy atom. The number of nitrogens with zero attached hydrogens (tertiary/aromatic N) is 2. The maximum atomic E-state index is 12.6. The second kappa shape index (κ2) is 10.4. The zero-order chi connectivity index (χ0) is 20.5. The Bertz CT molecular complexity index is 884. The van der Waals surface area contributed by atoms with Crippen LogP contribution in [0.2, 0.25) is 0 Å². The SMILES string of the molecule is N#Cc1ccc(C(=O)Nc2ccccc2C(=O)NCCCN2CCOCC2)cc1. The molecule has 0 radical (unpaired) electrons. The van der Waals surface area contributed by atoms with Crippen molar-refractivity contribution in [3.8, 4) is 6.07 Å². The van der Waals surface area contributed by atoms with E-state index in [2.05, 4.69) is 15.5 Å². The Morgan fingerprint density at radius 3 is 2.48 bits per heavy atom. The van der Waals surface area contributed by atoms with Crippen LogP contribution in [-0.2, 0) is 4.74 Å². The average molecular weight is 392 g/mol. The number of ether oxygens (including phenoxy) is 1. The number of carbonyl (C=O) groups is 2. The molecule has 2 N–H and O–H groups in total. The minimum Gasteiger partial charge on any atom is -0.379 e. The van der Waals surface area contributed by atoms with Gasteiger partial charge in [0.2, 0.25) is 0 Å². The maximum absolute atomic E-state index is 12.6. The van der Waals surface area contributed by atoms with Crippen molar-refractivity contribution in [2.24, 2.45) is 0 Å². The van der Waals surface area contributed by atoms with Crippen molar-refractivity contribution < 1.29 is 14.3 Å². The number of morpholine rings is 1. The first-order valence-electron chi connectivity index (χ1n) is 9.66. The summed E-state index contributed by atoms with van der Waals surface area (Å²) >= 11 is 0. The van der Waals surface area contributed by atoms with Crippen LogP contribution < -0.4 is 10.6 Å². The molecule has 1 aliphatic heterocycles. The molecule has 0 bridgehead atoms. The largest absolute Gasteiger partial charge is 0.379 e. The van der Waals surface area contributed by atoms with E-state index in [1.807, 2.05) is 6.07 Å². The van der Waals surface area contributed by atoms with Gasteiger partial charge in [-0.1, -0.05) is 12.1 Å². The van der Waals surface area contributed by atoms with Crippen molar-refractivity contribution in [1.29, 1.82) is 5.26 Å². The third kappa shape index (κ3) is 5.88. The number of rotatable bonds is 7. The molecule has 0 atom stereocenters. The number of hydrogen-bond acceptors (Lipinski definition) is 5. The fraction of sp³-hybridized carbons (Fsp3) is 0.318. The van der Waals surface area contributed by atoms with E-state index in [1.165, 1.54) is 0 Å². The van der Waals surface area contributed by atoms with Gasteiger partial charge in [0.25, 0.3) is 11.8 Å². The van der Waals surface area contributed by atoms with Gasteiger partial charge in [0.1, 0.15) is 0 Å². The van der Waals surface area contributed by atoms with E-state index in [1.54, 1.807) is 48.5 Å². The second-order valence-corrected chi connectivity index (χ2v) is 6.75. The highest BCUT2D eigenvalue weighted by molar-refractivity contribution is 6.09. The van der Waals surface area contributed by atoms with Gasteiger partial charge in [-0.3, -0.25) is 14.5 Å². The van der Waals surface area contributed by atoms with Crippen LogP contribution in [-0.4, -0.2) is 56.1 Å². The van der Waals surface area contributed by atoms with Crippen LogP contribution >= 0.6 is 0 Å². The first-order chi connectivity index (χ1) is 14.2. The van der Waals surface area contributed by atoms with Crippen LogP contribution in [0, 0.1) is 11.3 Å². The Labute approximate surface area is 170 Å². The smallest absolute Gasteiger partial charge is 0.255 e. The summed E-state index contributed by atoms with van der Waals surface area (Å²) in [5.74, 6) is -0.551. The molecule has 0 aliphatic carbocycles. The molecule has 1 aliphatic rings. The van der Waals surface area contributed by atoms with Crippen molar-refractivity contribution in [2.75, 3.05) is 44.7 Å². The van der Waals surface area contributed by atoms with Gasteiger partial charge in [-0.25, -0.2) is 0 Å². The molecule has 150 valence electrons. The second-order valence-electron chi connectivity index (χ2n) is 6.75. The van der Waals surface area contributed by atoms with Crippen molar-refractivity contribution >= 4 is 17.5 Å². The fourth-order valence-electron chi connectivity index (χ4n) is 3.11. The number of para-hydroxylation sites is 1. The number of amides is 2. The quantitative estimate of drug-likeness (QED) is 0.705. The molecule has 7 nitrogen and oxygen atoms in total. The standard InChI is InChI=1S/C22H24N4O3/c23-16-17-6-8-18(9-7-17)21(27)25-20-5-2-1-4-19(20)22(28)24-10-3-11-26-12-14-29-15-13-26/h1-2,4-9H,3,10-15H2,(H,24,28)(H,25,27). The minimum atomic E-state index is -0.331. The number of carbonyl (C=O) groups excluding carboxylic acids is 2.